The van der Waals surface area contributed by atoms with Crippen LogP contribution >= 0.6 is 0 Å². The average molecular weight is 324 g/mol. The molecule has 0 aliphatic carbocycles. The van der Waals surface area contributed by atoms with Gasteiger partial charge in [0, 0.05) is 25.2 Å². The number of likely N-dealkylation sites (tertiary alicyclic amines) is 1. The lowest BCUT2D eigenvalue weighted by Gasteiger charge is -2.38. The van der Waals surface area contributed by atoms with Crippen molar-refractivity contribution < 1.29 is 14.7 Å². The summed E-state index contributed by atoms with van der Waals surface area (Å²) in [7, 11) is 1.74. The summed E-state index contributed by atoms with van der Waals surface area (Å²) in [5, 5.41) is 12.4. The normalized spacial score (nSPS) is 20.7. The number of rotatable bonds is 3. The number of aromatic hydroxyl groups is 1. The minimum Gasteiger partial charge on any atom is -0.508 e. The molecule has 1 aliphatic heterocycles. The summed E-state index contributed by atoms with van der Waals surface area (Å²) in [6.07, 6.45) is 0.866. The molecular formula is C19H20N2O3. The number of phenols is 1. The Kier molecular flexibility index (Phi) is 4.51. The van der Waals surface area contributed by atoms with E-state index < -0.39 is 0 Å². The van der Waals surface area contributed by atoms with Crippen molar-refractivity contribution in [2.45, 2.75) is 18.9 Å². The van der Waals surface area contributed by atoms with Gasteiger partial charge in [0.05, 0.1) is 12.0 Å². The fraction of sp³-hybridized carbons (Fsp3) is 0.263. The van der Waals surface area contributed by atoms with E-state index in [1.807, 2.05) is 30.3 Å². The van der Waals surface area contributed by atoms with E-state index in [2.05, 4.69) is 5.32 Å². The fourth-order valence-corrected chi connectivity index (χ4v) is 3.24. The van der Waals surface area contributed by atoms with E-state index in [1.165, 1.54) is 6.07 Å². The number of nitrogens with one attached hydrogen (secondary N) is 1. The predicted molar refractivity (Wildman–Crippen MR) is 91.4 cm³/mol. The van der Waals surface area contributed by atoms with Crippen LogP contribution in [0.4, 0.5) is 5.69 Å². The molecule has 1 heterocycles. The molecule has 3 rings (SSSR count). The molecule has 5 heteroatoms. The molecule has 2 amide bonds. The van der Waals surface area contributed by atoms with Gasteiger partial charge in [-0.25, -0.2) is 0 Å². The molecule has 24 heavy (non-hydrogen) atoms. The van der Waals surface area contributed by atoms with Gasteiger partial charge in [-0.1, -0.05) is 36.4 Å². The first-order valence-corrected chi connectivity index (χ1v) is 7.97. The number of anilines is 1. The highest BCUT2D eigenvalue weighted by Crippen LogP contribution is 2.36. The van der Waals surface area contributed by atoms with Gasteiger partial charge in [-0.3, -0.25) is 9.59 Å². The third kappa shape index (κ3) is 3.25. The van der Waals surface area contributed by atoms with Crippen molar-refractivity contribution in [1.29, 1.82) is 0 Å². The number of piperidine rings is 1. The van der Waals surface area contributed by atoms with Crippen LogP contribution in [0.15, 0.2) is 54.6 Å². The van der Waals surface area contributed by atoms with Crippen LogP contribution in [-0.2, 0) is 9.59 Å². The summed E-state index contributed by atoms with van der Waals surface area (Å²) in [5.41, 5.74) is 1.50. The molecule has 1 saturated heterocycles. The number of benzene rings is 2. The highest BCUT2D eigenvalue weighted by molar-refractivity contribution is 5.94. The molecule has 0 saturated carbocycles. The Morgan fingerprint density at radius 2 is 1.92 bits per heavy atom. The van der Waals surface area contributed by atoms with E-state index in [0.717, 1.165) is 5.56 Å². The van der Waals surface area contributed by atoms with Gasteiger partial charge in [-0.2, -0.15) is 0 Å². The predicted octanol–water partition coefficient (Wildman–Crippen LogP) is 2.94. The summed E-state index contributed by atoms with van der Waals surface area (Å²) in [6.45, 7) is 0. The number of hydrogen-bond donors (Lipinski definition) is 2. The van der Waals surface area contributed by atoms with Crippen molar-refractivity contribution in [3.8, 4) is 5.75 Å². The van der Waals surface area contributed by atoms with Crippen molar-refractivity contribution in [3.05, 3.63) is 60.2 Å². The minimum atomic E-state index is -0.336. The Balaban J connectivity index is 1.86. The van der Waals surface area contributed by atoms with Crippen LogP contribution in [0.25, 0.3) is 0 Å². The smallest absolute Gasteiger partial charge is 0.229 e. The van der Waals surface area contributed by atoms with Crippen LogP contribution in [-0.4, -0.2) is 28.9 Å². The Morgan fingerprint density at radius 1 is 1.17 bits per heavy atom. The lowest BCUT2D eigenvalue weighted by molar-refractivity contribution is -0.140. The number of hydrogen-bond acceptors (Lipinski definition) is 3. The SMILES string of the molecule is CN1C(=O)CC[C@H](C(=O)Nc2cccc(O)c2)[C@H]1c1ccccc1. The molecule has 2 N–H and O–H groups in total. The first-order valence-electron chi connectivity index (χ1n) is 7.97. The molecule has 2 atom stereocenters. The van der Waals surface area contributed by atoms with Crippen molar-refractivity contribution >= 4 is 17.5 Å². The minimum absolute atomic E-state index is 0.0465. The number of carbonyl (C=O) groups is 2. The zero-order valence-electron chi connectivity index (χ0n) is 13.5. The molecule has 0 unspecified atom stereocenters. The zero-order valence-corrected chi connectivity index (χ0v) is 13.5. The number of nitrogens with zero attached hydrogens (tertiary/aromatic N) is 1. The molecule has 0 spiro atoms. The largest absolute Gasteiger partial charge is 0.508 e. The van der Waals surface area contributed by atoms with Crippen molar-refractivity contribution in [2.24, 2.45) is 5.92 Å². The van der Waals surface area contributed by atoms with Gasteiger partial charge >= 0.3 is 0 Å². The summed E-state index contributed by atoms with van der Waals surface area (Å²) in [4.78, 5) is 26.6. The van der Waals surface area contributed by atoms with Gasteiger partial charge in [-0.15, -0.1) is 0 Å². The van der Waals surface area contributed by atoms with Crippen LogP contribution in [0.3, 0.4) is 0 Å². The topological polar surface area (TPSA) is 69.6 Å². The van der Waals surface area contributed by atoms with E-state index in [-0.39, 0.29) is 29.5 Å². The maximum absolute atomic E-state index is 12.8. The van der Waals surface area contributed by atoms with Gasteiger partial charge in [0.25, 0.3) is 0 Å². The third-order valence-electron chi connectivity index (χ3n) is 4.45. The molecule has 2 aromatic carbocycles. The zero-order chi connectivity index (χ0) is 17.1. The molecule has 0 radical (unpaired) electrons. The van der Waals surface area contributed by atoms with Crippen LogP contribution < -0.4 is 5.32 Å². The molecule has 0 bridgehead atoms. The fourth-order valence-electron chi connectivity index (χ4n) is 3.24. The first kappa shape index (κ1) is 16.1. The van der Waals surface area contributed by atoms with Gasteiger partial charge < -0.3 is 15.3 Å². The quantitative estimate of drug-likeness (QED) is 0.912. The molecule has 2 aromatic rings. The van der Waals surface area contributed by atoms with Crippen LogP contribution in [0.2, 0.25) is 0 Å². The summed E-state index contributed by atoms with van der Waals surface area (Å²) in [6, 6.07) is 15.8. The van der Waals surface area contributed by atoms with Crippen molar-refractivity contribution in [2.75, 3.05) is 12.4 Å². The molecule has 124 valence electrons. The Morgan fingerprint density at radius 3 is 2.62 bits per heavy atom. The highest BCUT2D eigenvalue weighted by Gasteiger charge is 2.38. The molecule has 1 aliphatic rings. The maximum Gasteiger partial charge on any atom is 0.229 e. The van der Waals surface area contributed by atoms with Gasteiger partial charge in [0.15, 0.2) is 0 Å². The van der Waals surface area contributed by atoms with Crippen LogP contribution in [0.1, 0.15) is 24.4 Å². The van der Waals surface area contributed by atoms with Gasteiger partial charge in [-0.05, 0) is 24.1 Å². The average Bonchev–Trinajstić information content (AvgIpc) is 2.58. The second-order valence-corrected chi connectivity index (χ2v) is 6.04. The van der Waals surface area contributed by atoms with Gasteiger partial charge in [0.2, 0.25) is 11.8 Å². The van der Waals surface area contributed by atoms with Crippen LogP contribution in [0, 0.1) is 5.92 Å². The summed E-state index contributed by atoms with van der Waals surface area (Å²) < 4.78 is 0. The van der Waals surface area contributed by atoms with Gasteiger partial charge in [0.1, 0.15) is 5.75 Å². The van der Waals surface area contributed by atoms with E-state index in [9.17, 15) is 14.7 Å². The van der Waals surface area contributed by atoms with E-state index >= 15 is 0 Å². The second-order valence-electron chi connectivity index (χ2n) is 6.04. The summed E-state index contributed by atoms with van der Waals surface area (Å²) >= 11 is 0. The summed E-state index contributed by atoms with van der Waals surface area (Å²) in [5.74, 6) is -0.333. The first-order chi connectivity index (χ1) is 11.6. The molecule has 0 aromatic heterocycles. The number of carbonyl (C=O) groups excluding carboxylic acids is 2. The van der Waals surface area contributed by atoms with E-state index in [1.54, 1.807) is 30.1 Å². The highest BCUT2D eigenvalue weighted by atomic mass is 16.3. The Labute approximate surface area is 140 Å². The monoisotopic (exact) mass is 324 g/mol. The van der Waals surface area contributed by atoms with Crippen LogP contribution in [0.5, 0.6) is 5.75 Å². The van der Waals surface area contributed by atoms with E-state index in [4.69, 9.17) is 0 Å². The Hall–Kier alpha value is -2.82. The maximum atomic E-state index is 12.8. The lowest BCUT2D eigenvalue weighted by Crippen LogP contribution is -2.44. The van der Waals surface area contributed by atoms with Crippen molar-refractivity contribution in [3.63, 3.8) is 0 Å². The van der Waals surface area contributed by atoms with E-state index in [0.29, 0.717) is 18.5 Å². The number of phenolic OH excluding ortho intramolecular Hbond substituents is 1. The second kappa shape index (κ2) is 6.74. The molecule has 1 fully saturated rings. The third-order valence-corrected chi connectivity index (χ3v) is 4.45. The number of amides is 2. The Bertz CT molecular complexity index is 745. The lowest BCUT2D eigenvalue weighted by atomic mass is 9.84. The molecular weight excluding hydrogens is 304 g/mol. The molecule has 5 nitrogen and oxygen atoms in total. The van der Waals surface area contributed by atoms with Crippen molar-refractivity contribution in [1.82, 2.24) is 4.90 Å². The standard InChI is InChI=1S/C19H20N2O3/c1-21-17(23)11-10-16(18(21)13-6-3-2-4-7-13)19(24)20-14-8-5-9-15(22)12-14/h2-9,12,16,18,22H,10-11H2,1H3,(H,20,24)/t16-,18+/m0/s1.